The second-order valence-electron chi connectivity index (χ2n) is 9.44. The van der Waals surface area contributed by atoms with E-state index in [1.165, 1.54) is 12.1 Å². The molecule has 0 fully saturated rings. The zero-order valence-corrected chi connectivity index (χ0v) is 21.0. The van der Waals surface area contributed by atoms with Crippen LogP contribution in [-0.4, -0.2) is 23.6 Å². The first-order chi connectivity index (χ1) is 17.7. The van der Waals surface area contributed by atoms with Gasteiger partial charge in [-0.15, -0.1) is 0 Å². The summed E-state index contributed by atoms with van der Waals surface area (Å²) < 4.78 is 19.5. The second-order valence-corrected chi connectivity index (χ2v) is 9.44. The van der Waals surface area contributed by atoms with Crippen LogP contribution in [0.2, 0.25) is 0 Å². The van der Waals surface area contributed by atoms with Gasteiger partial charge in [-0.05, 0) is 72.0 Å². The summed E-state index contributed by atoms with van der Waals surface area (Å²) in [4.78, 5) is 37.6. The molecule has 37 heavy (non-hydrogen) atoms. The summed E-state index contributed by atoms with van der Waals surface area (Å²) >= 11 is 0. The number of hydrogen-bond donors (Lipinski definition) is 2. The Morgan fingerprint density at radius 3 is 2.27 bits per heavy atom. The molecule has 0 aliphatic carbocycles. The molecule has 6 nitrogen and oxygen atoms in total. The van der Waals surface area contributed by atoms with Crippen LogP contribution < -0.4 is 11.1 Å². The summed E-state index contributed by atoms with van der Waals surface area (Å²) in [5.41, 5.74) is 8.99. The molecule has 0 aliphatic heterocycles. The summed E-state index contributed by atoms with van der Waals surface area (Å²) in [5, 5.41) is 3.37. The van der Waals surface area contributed by atoms with Gasteiger partial charge in [-0.2, -0.15) is 0 Å². The van der Waals surface area contributed by atoms with Gasteiger partial charge in [0.2, 0.25) is 5.91 Å². The highest BCUT2D eigenvalue weighted by Gasteiger charge is 2.23. The average molecular weight is 501 g/mol. The smallest absolute Gasteiger partial charge is 0.251 e. The number of hydrogen-bond acceptors (Lipinski definition) is 4. The van der Waals surface area contributed by atoms with Crippen molar-refractivity contribution in [1.29, 1.82) is 0 Å². The number of carbonyl (C=O) groups excluding carboxylic acids is 3. The van der Waals surface area contributed by atoms with Crippen LogP contribution in [-0.2, 0) is 4.79 Å². The van der Waals surface area contributed by atoms with Gasteiger partial charge < -0.3 is 15.5 Å². The molecular weight excluding hydrogens is 471 g/mol. The first-order valence-corrected chi connectivity index (χ1v) is 12.2. The minimum absolute atomic E-state index is 0.0917. The highest BCUT2D eigenvalue weighted by molar-refractivity contribution is 6.12. The van der Waals surface area contributed by atoms with Gasteiger partial charge in [0, 0.05) is 22.9 Å². The number of benzene rings is 3. The van der Waals surface area contributed by atoms with Crippen LogP contribution >= 0.6 is 0 Å². The molecular formula is C30H29FN2O4. The molecule has 2 amide bonds. The Balaban J connectivity index is 1.73. The van der Waals surface area contributed by atoms with Crippen molar-refractivity contribution in [3.8, 4) is 22.5 Å². The normalized spacial score (nSPS) is 12.0. The fourth-order valence-corrected chi connectivity index (χ4v) is 4.33. The topological polar surface area (TPSA) is 102 Å². The lowest BCUT2D eigenvalue weighted by molar-refractivity contribution is -0.120. The van der Waals surface area contributed by atoms with E-state index in [0.29, 0.717) is 39.8 Å². The van der Waals surface area contributed by atoms with Crippen LogP contribution in [0.15, 0.2) is 71.1 Å². The third-order valence-corrected chi connectivity index (χ3v) is 6.21. The van der Waals surface area contributed by atoms with Crippen LogP contribution in [0.4, 0.5) is 4.39 Å². The van der Waals surface area contributed by atoms with Crippen LogP contribution in [0.3, 0.4) is 0 Å². The quantitative estimate of drug-likeness (QED) is 0.270. The molecule has 4 rings (SSSR count). The van der Waals surface area contributed by atoms with Gasteiger partial charge >= 0.3 is 0 Å². The van der Waals surface area contributed by atoms with E-state index in [1.807, 2.05) is 32.0 Å². The third-order valence-electron chi connectivity index (χ3n) is 6.21. The lowest BCUT2D eigenvalue weighted by Crippen LogP contribution is -2.45. The summed E-state index contributed by atoms with van der Waals surface area (Å²) in [6.45, 7) is 5.68. The Labute approximate surface area is 214 Å². The second kappa shape index (κ2) is 10.8. The summed E-state index contributed by atoms with van der Waals surface area (Å²) in [6.07, 6.45) is 0.725. The van der Waals surface area contributed by atoms with E-state index in [9.17, 15) is 18.8 Å². The monoisotopic (exact) mass is 500 g/mol. The number of primary amides is 1. The van der Waals surface area contributed by atoms with E-state index in [-0.39, 0.29) is 23.9 Å². The van der Waals surface area contributed by atoms with Gasteiger partial charge in [-0.3, -0.25) is 14.4 Å². The van der Waals surface area contributed by atoms with Crippen molar-refractivity contribution >= 4 is 28.6 Å². The van der Waals surface area contributed by atoms with Gasteiger partial charge in [-0.25, -0.2) is 4.39 Å². The van der Waals surface area contributed by atoms with Gasteiger partial charge in [0.05, 0.1) is 5.56 Å². The number of nitrogens with one attached hydrogen (secondary N) is 1. The minimum Gasteiger partial charge on any atom is -0.455 e. The van der Waals surface area contributed by atoms with Crippen LogP contribution in [0.25, 0.3) is 33.4 Å². The van der Waals surface area contributed by atoms with Crippen molar-refractivity contribution in [2.45, 2.75) is 39.7 Å². The molecule has 190 valence electrons. The Hall–Kier alpha value is -4.26. The first kappa shape index (κ1) is 25.8. The van der Waals surface area contributed by atoms with Crippen molar-refractivity contribution < 1.29 is 23.2 Å². The number of Topliss-reactive ketones (excluding diaryl/α,β-unsaturated/α-hetero) is 1. The van der Waals surface area contributed by atoms with Crippen molar-refractivity contribution in [3.05, 3.63) is 83.7 Å². The Kier molecular flexibility index (Phi) is 7.53. The number of nitrogens with two attached hydrogens (primary N) is 1. The Morgan fingerprint density at radius 1 is 0.946 bits per heavy atom. The van der Waals surface area contributed by atoms with Gasteiger partial charge in [0.1, 0.15) is 23.2 Å². The number of rotatable bonds is 9. The molecule has 1 unspecified atom stereocenters. The van der Waals surface area contributed by atoms with E-state index in [1.54, 1.807) is 43.3 Å². The zero-order valence-electron chi connectivity index (χ0n) is 21.0. The fraction of sp³-hybridized carbons (Fsp3) is 0.233. The SMILES string of the molecule is CCC(=O)c1c(-c2ccc(F)cc2)oc2ccc(-c3cccc(C(=O)NC(CC(C)C)C(N)=O)c3)cc12. The number of halogens is 1. The number of amides is 2. The van der Waals surface area contributed by atoms with Crippen LogP contribution in [0.5, 0.6) is 0 Å². The molecule has 1 atom stereocenters. The fourth-order valence-electron chi connectivity index (χ4n) is 4.33. The van der Waals surface area contributed by atoms with E-state index >= 15 is 0 Å². The maximum Gasteiger partial charge on any atom is 0.251 e. The molecule has 0 spiro atoms. The van der Waals surface area contributed by atoms with E-state index in [4.69, 9.17) is 10.2 Å². The molecule has 0 saturated heterocycles. The lowest BCUT2D eigenvalue weighted by Gasteiger charge is -2.17. The molecule has 4 aromatic rings. The highest BCUT2D eigenvalue weighted by atomic mass is 19.1. The van der Waals surface area contributed by atoms with Gasteiger partial charge in [0.15, 0.2) is 5.78 Å². The van der Waals surface area contributed by atoms with Crippen molar-refractivity contribution in [2.75, 3.05) is 0 Å². The molecule has 1 heterocycles. The molecule has 0 aliphatic rings. The van der Waals surface area contributed by atoms with Gasteiger partial charge in [-0.1, -0.05) is 39.0 Å². The maximum atomic E-state index is 13.5. The van der Waals surface area contributed by atoms with Gasteiger partial charge in [0.25, 0.3) is 5.91 Å². The predicted molar refractivity (Wildman–Crippen MR) is 142 cm³/mol. The van der Waals surface area contributed by atoms with E-state index in [0.717, 1.165) is 11.1 Å². The third kappa shape index (κ3) is 5.61. The lowest BCUT2D eigenvalue weighted by atomic mass is 9.97. The molecule has 7 heteroatoms. The number of carbonyl (C=O) groups is 3. The molecule has 0 saturated carbocycles. The van der Waals surface area contributed by atoms with Crippen LogP contribution in [0, 0.1) is 11.7 Å². The van der Waals surface area contributed by atoms with E-state index < -0.39 is 17.9 Å². The largest absolute Gasteiger partial charge is 0.455 e. The standard InChI is InChI=1S/C30H29FN2O4/c1-4-25(34)27-23-16-20(10-13-26(23)37-28(27)18-8-11-22(31)12-9-18)19-6-5-7-21(15-19)30(36)33-24(29(32)35)14-17(2)3/h5-13,15-17,24H,4,14H2,1-3H3,(H2,32,35)(H,33,36). The minimum atomic E-state index is -0.758. The first-order valence-electron chi connectivity index (χ1n) is 12.2. The number of fused-ring (bicyclic) bond motifs is 1. The molecule has 1 aromatic heterocycles. The van der Waals surface area contributed by atoms with E-state index in [2.05, 4.69) is 5.32 Å². The highest BCUT2D eigenvalue weighted by Crippen LogP contribution is 2.37. The number of ketones is 1. The Bertz CT molecular complexity index is 1470. The summed E-state index contributed by atoms with van der Waals surface area (Å²) in [5.74, 6) is -0.850. The number of furan rings is 1. The Morgan fingerprint density at radius 2 is 1.62 bits per heavy atom. The summed E-state index contributed by atoms with van der Waals surface area (Å²) in [6, 6.07) is 17.6. The van der Waals surface area contributed by atoms with Crippen molar-refractivity contribution in [2.24, 2.45) is 11.7 Å². The zero-order chi connectivity index (χ0) is 26.7. The molecule has 0 radical (unpaired) electrons. The predicted octanol–water partition coefficient (Wildman–Crippen LogP) is 6.13. The average Bonchev–Trinajstić information content (AvgIpc) is 3.26. The van der Waals surface area contributed by atoms with Crippen molar-refractivity contribution in [3.63, 3.8) is 0 Å². The molecule has 3 N–H and O–H groups in total. The maximum absolute atomic E-state index is 13.5. The summed E-state index contributed by atoms with van der Waals surface area (Å²) in [7, 11) is 0. The molecule has 0 bridgehead atoms. The van der Waals surface area contributed by atoms with Crippen LogP contribution in [0.1, 0.15) is 54.3 Å². The van der Waals surface area contributed by atoms with Crippen molar-refractivity contribution in [1.82, 2.24) is 5.32 Å². The molecule has 3 aromatic carbocycles.